The monoisotopic (exact) mass is 324 g/mol. The Morgan fingerprint density at radius 3 is 1.92 bits per heavy atom. The summed E-state index contributed by atoms with van der Waals surface area (Å²) in [7, 11) is 0. The summed E-state index contributed by atoms with van der Waals surface area (Å²) in [5.41, 5.74) is 2.01. The minimum Gasteiger partial charge on any atom is -0.297 e. The van der Waals surface area contributed by atoms with Gasteiger partial charge in [-0.1, -0.05) is 90.7 Å². The molecule has 0 spiro atoms. The van der Waals surface area contributed by atoms with Gasteiger partial charge in [0.25, 0.3) is 0 Å². The summed E-state index contributed by atoms with van der Waals surface area (Å²) in [4.78, 5) is 13.2. The first-order valence-electron chi connectivity index (χ1n) is 8.39. The Morgan fingerprint density at radius 2 is 1.32 bits per heavy atom. The van der Waals surface area contributed by atoms with E-state index in [4.69, 9.17) is 0 Å². The third-order valence-corrected chi connectivity index (χ3v) is 4.35. The number of carbonyl (C=O) groups excluding carboxylic acids is 1. The summed E-state index contributed by atoms with van der Waals surface area (Å²) in [5, 5.41) is 0. The average molecular weight is 324 g/mol. The summed E-state index contributed by atoms with van der Waals surface area (Å²) in [6.07, 6.45) is 0.371. The molecular weight excluding hydrogens is 304 g/mol. The molecule has 1 unspecified atom stereocenters. The van der Waals surface area contributed by atoms with Gasteiger partial charge in [0.2, 0.25) is 0 Å². The summed E-state index contributed by atoms with van der Waals surface area (Å²) >= 11 is 0. The van der Waals surface area contributed by atoms with E-state index in [1.165, 1.54) is 0 Å². The quantitative estimate of drug-likeness (QED) is 0.630. The van der Waals surface area contributed by atoms with Crippen molar-refractivity contribution in [3.63, 3.8) is 0 Å². The van der Waals surface area contributed by atoms with Crippen molar-refractivity contribution in [3.05, 3.63) is 108 Å². The van der Waals surface area contributed by atoms with E-state index in [1.54, 1.807) is 0 Å². The van der Waals surface area contributed by atoms with Gasteiger partial charge < -0.3 is 0 Å². The maximum absolute atomic E-state index is 13.2. The highest BCUT2D eigenvalue weighted by atomic mass is 16.1. The Kier molecular flexibility index (Phi) is 5.11. The minimum atomic E-state index is -0.840. The lowest BCUT2D eigenvalue weighted by molar-refractivity contribution is -0.121. The van der Waals surface area contributed by atoms with E-state index in [9.17, 15) is 4.79 Å². The fourth-order valence-electron chi connectivity index (χ4n) is 2.75. The normalized spacial score (nSPS) is 12.5. The average Bonchev–Trinajstić information content (AvgIpc) is 2.68. The van der Waals surface area contributed by atoms with Crippen LogP contribution in [0.15, 0.2) is 91.0 Å². The van der Waals surface area contributed by atoms with Gasteiger partial charge in [0.05, 0.1) is 0 Å². The zero-order valence-corrected chi connectivity index (χ0v) is 14.3. The highest BCUT2D eigenvalue weighted by Gasteiger charge is 2.32. The van der Waals surface area contributed by atoms with E-state index in [2.05, 4.69) is 11.8 Å². The van der Waals surface area contributed by atoms with Crippen LogP contribution in [0.25, 0.3) is 0 Å². The molecule has 0 aliphatic heterocycles. The van der Waals surface area contributed by atoms with Crippen LogP contribution in [0, 0.1) is 11.8 Å². The predicted molar refractivity (Wildman–Crippen MR) is 102 cm³/mol. The summed E-state index contributed by atoms with van der Waals surface area (Å²) < 4.78 is 0. The number of carbonyl (C=O) groups is 1. The Morgan fingerprint density at radius 1 is 0.800 bits per heavy atom. The van der Waals surface area contributed by atoms with Gasteiger partial charge >= 0.3 is 0 Å². The molecule has 1 atom stereocenters. The lowest BCUT2D eigenvalue weighted by Crippen LogP contribution is -2.32. The van der Waals surface area contributed by atoms with Crippen molar-refractivity contribution >= 4 is 5.78 Å². The van der Waals surface area contributed by atoms with Crippen LogP contribution in [0.2, 0.25) is 0 Å². The zero-order chi connectivity index (χ0) is 17.5. The molecule has 3 aromatic rings. The summed E-state index contributed by atoms with van der Waals surface area (Å²) in [6.45, 7) is 1.92. The second kappa shape index (κ2) is 7.64. The fourth-order valence-corrected chi connectivity index (χ4v) is 2.75. The van der Waals surface area contributed by atoms with Crippen LogP contribution < -0.4 is 0 Å². The molecule has 1 nitrogen and oxygen atoms in total. The van der Waals surface area contributed by atoms with E-state index in [-0.39, 0.29) is 5.78 Å². The number of Topliss-reactive ketones (excluding diaryl/α,β-unsaturated/α-hetero) is 1. The van der Waals surface area contributed by atoms with E-state index >= 15 is 0 Å². The van der Waals surface area contributed by atoms with Crippen molar-refractivity contribution in [1.29, 1.82) is 0 Å². The number of ketones is 1. The number of hydrogen-bond acceptors (Lipinski definition) is 1. The highest BCUT2D eigenvalue weighted by Crippen LogP contribution is 2.26. The second-order valence-electron chi connectivity index (χ2n) is 6.19. The molecule has 0 amide bonds. The first-order valence-corrected chi connectivity index (χ1v) is 8.39. The van der Waals surface area contributed by atoms with Crippen molar-refractivity contribution in [2.75, 3.05) is 0 Å². The van der Waals surface area contributed by atoms with Crippen LogP contribution >= 0.6 is 0 Å². The van der Waals surface area contributed by atoms with Crippen molar-refractivity contribution in [2.24, 2.45) is 0 Å². The van der Waals surface area contributed by atoms with E-state index in [0.717, 1.165) is 16.7 Å². The molecule has 0 heterocycles. The molecule has 0 radical (unpaired) electrons. The lowest BCUT2D eigenvalue weighted by atomic mass is 9.77. The van der Waals surface area contributed by atoms with Gasteiger partial charge in [-0.15, -0.1) is 0 Å². The Balaban J connectivity index is 1.98. The molecule has 122 valence electrons. The van der Waals surface area contributed by atoms with Crippen molar-refractivity contribution < 1.29 is 4.79 Å². The van der Waals surface area contributed by atoms with E-state index in [0.29, 0.717) is 6.42 Å². The molecule has 0 saturated heterocycles. The first-order chi connectivity index (χ1) is 12.2. The van der Waals surface area contributed by atoms with Crippen molar-refractivity contribution in [3.8, 4) is 11.8 Å². The van der Waals surface area contributed by atoms with E-state index in [1.807, 2.05) is 97.9 Å². The smallest absolute Gasteiger partial charge is 0.159 e. The predicted octanol–water partition coefficient (Wildman–Crippen LogP) is 4.81. The number of hydrogen-bond donors (Lipinski definition) is 0. The molecule has 25 heavy (non-hydrogen) atoms. The molecule has 0 fully saturated rings. The number of rotatable bonds is 4. The fraction of sp³-hybridized carbons (Fsp3) is 0.125. The third kappa shape index (κ3) is 4.05. The Hall–Kier alpha value is -3.11. The molecular formula is C24H20O. The molecule has 0 aromatic heterocycles. The van der Waals surface area contributed by atoms with Crippen LogP contribution in [0.1, 0.15) is 23.6 Å². The molecule has 0 aliphatic carbocycles. The van der Waals surface area contributed by atoms with Gasteiger partial charge in [-0.25, -0.2) is 0 Å². The summed E-state index contributed by atoms with van der Waals surface area (Å²) in [5.74, 6) is 6.53. The molecule has 0 saturated carbocycles. The van der Waals surface area contributed by atoms with Gasteiger partial charge in [0.15, 0.2) is 5.78 Å². The molecule has 0 bridgehead atoms. The Bertz CT molecular complexity index is 886. The van der Waals surface area contributed by atoms with Crippen LogP contribution in [-0.4, -0.2) is 5.78 Å². The van der Waals surface area contributed by atoms with Crippen molar-refractivity contribution in [1.82, 2.24) is 0 Å². The van der Waals surface area contributed by atoms with Gasteiger partial charge in [0, 0.05) is 12.0 Å². The third-order valence-electron chi connectivity index (χ3n) is 4.35. The van der Waals surface area contributed by atoms with Gasteiger partial charge in [-0.3, -0.25) is 4.79 Å². The van der Waals surface area contributed by atoms with Crippen LogP contribution in [0.5, 0.6) is 0 Å². The van der Waals surface area contributed by atoms with Gasteiger partial charge in [-0.05, 0) is 30.2 Å². The maximum Gasteiger partial charge on any atom is 0.159 e. The van der Waals surface area contributed by atoms with Gasteiger partial charge in [0.1, 0.15) is 5.41 Å². The largest absolute Gasteiger partial charge is 0.297 e. The topological polar surface area (TPSA) is 17.1 Å². The van der Waals surface area contributed by atoms with E-state index < -0.39 is 5.41 Å². The van der Waals surface area contributed by atoms with Crippen LogP contribution in [0.4, 0.5) is 0 Å². The molecule has 0 N–H and O–H groups in total. The van der Waals surface area contributed by atoms with Crippen LogP contribution in [-0.2, 0) is 16.6 Å². The summed E-state index contributed by atoms with van der Waals surface area (Å²) in [6, 6.07) is 29.4. The second-order valence-corrected chi connectivity index (χ2v) is 6.19. The molecule has 3 aromatic carbocycles. The van der Waals surface area contributed by atoms with Crippen LogP contribution in [0.3, 0.4) is 0 Å². The van der Waals surface area contributed by atoms with Gasteiger partial charge in [-0.2, -0.15) is 0 Å². The lowest BCUT2D eigenvalue weighted by Gasteiger charge is -2.23. The molecule has 1 heteroatoms. The SMILES string of the molecule is CC(C#Cc1ccccc1)(C(=O)Cc1ccccc1)c1ccccc1. The zero-order valence-electron chi connectivity index (χ0n) is 14.3. The van der Waals surface area contributed by atoms with Crippen molar-refractivity contribution in [2.45, 2.75) is 18.8 Å². The molecule has 3 rings (SSSR count). The highest BCUT2D eigenvalue weighted by molar-refractivity contribution is 5.94. The standard InChI is InChI=1S/C24H20O/c1-24(22-15-9-4-10-16-22,18-17-20-11-5-2-6-12-20)23(25)19-21-13-7-3-8-14-21/h2-16H,19H2,1H3. The molecule has 0 aliphatic rings. The maximum atomic E-state index is 13.2. The first kappa shape index (κ1) is 16.7. The minimum absolute atomic E-state index is 0.105. The Labute approximate surface area is 149 Å². The number of benzene rings is 3.